The minimum atomic E-state index is -1.08. The van der Waals surface area contributed by atoms with Crippen molar-refractivity contribution in [2.45, 2.75) is 18.4 Å². The number of hydrogen-bond acceptors (Lipinski definition) is 5. The molecule has 0 spiro atoms. The number of nitrogens with zero attached hydrogens (tertiary/aromatic N) is 1. The number of rotatable bonds is 9. The van der Waals surface area contributed by atoms with Crippen LogP contribution in [0.25, 0.3) is 11.1 Å². The number of hydrogen-bond donors (Lipinski definition) is 2. The molecule has 2 aliphatic carbocycles. The van der Waals surface area contributed by atoms with E-state index in [9.17, 15) is 14.4 Å². The molecular weight excluding hydrogens is 436 g/mol. The molecule has 0 saturated carbocycles. The van der Waals surface area contributed by atoms with Crippen molar-refractivity contribution in [3.05, 3.63) is 71.8 Å². The van der Waals surface area contributed by atoms with Crippen LogP contribution >= 0.6 is 0 Å². The van der Waals surface area contributed by atoms with Crippen LogP contribution in [0.4, 0.5) is 4.79 Å². The number of nitrogens with one attached hydrogen (secondary N) is 1. The third kappa shape index (κ3) is 5.12. The third-order valence-corrected chi connectivity index (χ3v) is 6.25. The van der Waals surface area contributed by atoms with Gasteiger partial charge in [0.15, 0.2) is 0 Å². The van der Waals surface area contributed by atoms with Gasteiger partial charge < -0.3 is 24.8 Å². The van der Waals surface area contributed by atoms with Crippen LogP contribution < -0.4 is 5.32 Å². The Kier molecular flexibility index (Phi) is 7.27. The summed E-state index contributed by atoms with van der Waals surface area (Å²) in [7, 11) is 1.49. The minimum absolute atomic E-state index is 0.0306. The zero-order valence-electron chi connectivity index (χ0n) is 19.0. The van der Waals surface area contributed by atoms with Crippen molar-refractivity contribution in [2.24, 2.45) is 5.92 Å². The average Bonchev–Trinajstić information content (AvgIpc) is 3.42. The standard InChI is InChI=1S/C26H28N2O6/c1-33-13-12-28(15-24(29)30)25(31)17-10-11-18(14-17)27-26(32)34-16-23-21-8-4-2-6-19(21)20-7-3-5-9-22(20)23/h2-11,17-18,23H,12-16H2,1H3,(H,27,32)(H,29,30). The second kappa shape index (κ2) is 10.5. The lowest BCUT2D eigenvalue weighted by atomic mass is 9.98. The van der Waals surface area contributed by atoms with Gasteiger partial charge in [-0.25, -0.2) is 4.79 Å². The number of carboxylic acid groups (broad SMARTS) is 1. The molecule has 0 heterocycles. The first-order chi connectivity index (χ1) is 16.5. The number of carbonyl (C=O) groups is 3. The summed E-state index contributed by atoms with van der Waals surface area (Å²) < 4.78 is 10.6. The largest absolute Gasteiger partial charge is 0.480 e. The summed E-state index contributed by atoms with van der Waals surface area (Å²) in [5.74, 6) is -1.92. The molecule has 0 radical (unpaired) electrons. The third-order valence-electron chi connectivity index (χ3n) is 6.25. The Bertz CT molecular complexity index is 1050. The van der Waals surface area contributed by atoms with E-state index in [-0.39, 0.29) is 37.6 Å². The fourth-order valence-corrected chi connectivity index (χ4v) is 4.65. The summed E-state index contributed by atoms with van der Waals surface area (Å²) in [4.78, 5) is 37.7. The lowest BCUT2D eigenvalue weighted by Gasteiger charge is -2.23. The minimum Gasteiger partial charge on any atom is -0.480 e. The molecule has 4 rings (SSSR count). The van der Waals surface area contributed by atoms with Crippen molar-refractivity contribution < 1.29 is 29.0 Å². The molecule has 0 fully saturated rings. The number of benzene rings is 2. The van der Waals surface area contributed by atoms with Crippen molar-refractivity contribution in [3.8, 4) is 11.1 Å². The number of aliphatic carboxylic acids is 1. The summed E-state index contributed by atoms with van der Waals surface area (Å²) in [6.07, 6.45) is 3.26. The molecule has 0 aliphatic heterocycles. The predicted octanol–water partition coefficient (Wildman–Crippen LogP) is 3.03. The highest BCUT2D eigenvalue weighted by molar-refractivity contribution is 5.85. The smallest absolute Gasteiger partial charge is 0.407 e. The summed E-state index contributed by atoms with van der Waals surface area (Å²) in [5.41, 5.74) is 4.59. The van der Waals surface area contributed by atoms with Crippen LogP contribution in [0.1, 0.15) is 23.5 Å². The lowest BCUT2D eigenvalue weighted by molar-refractivity contribution is -0.146. The highest BCUT2D eigenvalue weighted by Crippen LogP contribution is 2.44. The maximum atomic E-state index is 12.8. The van der Waals surface area contributed by atoms with E-state index in [2.05, 4.69) is 29.6 Å². The van der Waals surface area contributed by atoms with Gasteiger partial charge in [0.1, 0.15) is 13.2 Å². The molecule has 178 valence electrons. The lowest BCUT2D eigenvalue weighted by Crippen LogP contribution is -2.42. The normalized spacial score (nSPS) is 18.3. The first-order valence-electron chi connectivity index (χ1n) is 11.3. The molecule has 2 aliphatic rings. The molecule has 34 heavy (non-hydrogen) atoms. The molecule has 2 atom stereocenters. The SMILES string of the molecule is COCCN(CC(=O)O)C(=O)C1C=CC(NC(=O)OCC2c3ccccc3-c3ccccc32)C1. The van der Waals surface area contributed by atoms with Crippen LogP contribution in [0, 0.1) is 5.92 Å². The van der Waals surface area contributed by atoms with E-state index >= 15 is 0 Å². The molecule has 2 aromatic carbocycles. The van der Waals surface area contributed by atoms with Crippen LogP contribution in [-0.2, 0) is 19.1 Å². The number of alkyl carbamates (subject to hydrolysis) is 1. The molecular formula is C26H28N2O6. The zero-order chi connectivity index (χ0) is 24.1. The van der Waals surface area contributed by atoms with Gasteiger partial charge in [0.25, 0.3) is 0 Å². The summed E-state index contributed by atoms with van der Waals surface area (Å²) in [6.45, 7) is 0.256. The summed E-state index contributed by atoms with van der Waals surface area (Å²) in [5, 5.41) is 11.9. The van der Waals surface area contributed by atoms with Gasteiger partial charge in [-0.15, -0.1) is 0 Å². The monoisotopic (exact) mass is 464 g/mol. The Hall–Kier alpha value is -3.65. The maximum absolute atomic E-state index is 12.8. The quantitative estimate of drug-likeness (QED) is 0.553. The molecule has 0 aromatic heterocycles. The van der Waals surface area contributed by atoms with E-state index < -0.39 is 24.5 Å². The number of fused-ring (bicyclic) bond motifs is 3. The molecule has 0 bridgehead atoms. The Labute approximate surface area is 198 Å². The van der Waals surface area contributed by atoms with E-state index in [1.807, 2.05) is 24.3 Å². The molecule has 8 heteroatoms. The molecule has 2 amide bonds. The molecule has 2 aromatic rings. The van der Waals surface area contributed by atoms with Crippen molar-refractivity contribution in [1.29, 1.82) is 0 Å². The van der Waals surface area contributed by atoms with E-state index in [1.54, 1.807) is 12.2 Å². The Morgan fingerprint density at radius 2 is 1.68 bits per heavy atom. The Balaban J connectivity index is 1.31. The summed E-state index contributed by atoms with van der Waals surface area (Å²) in [6, 6.07) is 15.9. The number of amides is 2. The van der Waals surface area contributed by atoms with Gasteiger partial charge in [0.05, 0.1) is 18.6 Å². The number of methoxy groups -OCH3 is 1. The first-order valence-corrected chi connectivity index (χ1v) is 11.3. The van der Waals surface area contributed by atoms with Crippen molar-refractivity contribution in [2.75, 3.05) is 33.4 Å². The second-order valence-corrected chi connectivity index (χ2v) is 8.45. The fourth-order valence-electron chi connectivity index (χ4n) is 4.65. The summed E-state index contributed by atoms with van der Waals surface area (Å²) >= 11 is 0. The second-order valence-electron chi connectivity index (χ2n) is 8.45. The molecule has 2 unspecified atom stereocenters. The molecule has 2 N–H and O–H groups in total. The topological polar surface area (TPSA) is 105 Å². The van der Waals surface area contributed by atoms with Crippen LogP contribution in [0.5, 0.6) is 0 Å². The molecule has 0 saturated heterocycles. The van der Waals surface area contributed by atoms with E-state index in [0.717, 1.165) is 22.3 Å². The van der Waals surface area contributed by atoms with Gasteiger partial charge in [-0.3, -0.25) is 9.59 Å². The number of carbonyl (C=O) groups excluding carboxylic acids is 2. The van der Waals surface area contributed by atoms with Crippen molar-refractivity contribution in [3.63, 3.8) is 0 Å². The first kappa shape index (κ1) is 23.5. The van der Waals surface area contributed by atoms with Crippen molar-refractivity contribution >= 4 is 18.0 Å². The van der Waals surface area contributed by atoms with Gasteiger partial charge in [-0.2, -0.15) is 0 Å². The van der Waals surface area contributed by atoms with Gasteiger partial charge in [0.2, 0.25) is 5.91 Å². The fraction of sp³-hybridized carbons (Fsp3) is 0.346. The van der Waals surface area contributed by atoms with Crippen LogP contribution in [0.3, 0.4) is 0 Å². The average molecular weight is 465 g/mol. The van der Waals surface area contributed by atoms with Gasteiger partial charge >= 0.3 is 12.1 Å². The van der Waals surface area contributed by atoms with Crippen LogP contribution in [0.2, 0.25) is 0 Å². The number of ether oxygens (including phenoxy) is 2. The Morgan fingerprint density at radius 1 is 1.03 bits per heavy atom. The van der Waals surface area contributed by atoms with E-state index in [0.29, 0.717) is 6.42 Å². The highest BCUT2D eigenvalue weighted by atomic mass is 16.5. The zero-order valence-corrected chi connectivity index (χ0v) is 19.0. The van der Waals surface area contributed by atoms with E-state index in [4.69, 9.17) is 14.6 Å². The highest BCUT2D eigenvalue weighted by Gasteiger charge is 2.32. The van der Waals surface area contributed by atoms with Gasteiger partial charge in [-0.1, -0.05) is 60.7 Å². The Morgan fingerprint density at radius 3 is 2.29 bits per heavy atom. The van der Waals surface area contributed by atoms with Crippen molar-refractivity contribution in [1.82, 2.24) is 10.2 Å². The molecule has 8 nitrogen and oxygen atoms in total. The van der Waals surface area contributed by atoms with Crippen LogP contribution in [0.15, 0.2) is 60.7 Å². The van der Waals surface area contributed by atoms with Crippen LogP contribution in [-0.4, -0.2) is 67.4 Å². The predicted molar refractivity (Wildman–Crippen MR) is 125 cm³/mol. The van der Waals surface area contributed by atoms with Gasteiger partial charge in [0, 0.05) is 19.6 Å². The number of carboxylic acids is 1. The maximum Gasteiger partial charge on any atom is 0.407 e. The van der Waals surface area contributed by atoms with Gasteiger partial charge in [-0.05, 0) is 28.7 Å². The van der Waals surface area contributed by atoms with E-state index in [1.165, 1.54) is 12.0 Å².